The molecule has 2 unspecified atom stereocenters. The molecule has 0 aliphatic rings. The van der Waals surface area contributed by atoms with Crippen LogP contribution in [0.1, 0.15) is 11.7 Å². The average Bonchev–Trinajstić information content (AvgIpc) is 2.16. The van der Waals surface area contributed by atoms with Crippen molar-refractivity contribution in [3.05, 3.63) is 24.0 Å². The Hall–Kier alpha value is -1.64. The molecule has 1 heterocycles. The third-order valence-electron chi connectivity index (χ3n) is 1.64. The number of nitrogens with two attached hydrogens (primary N) is 1. The normalized spacial score (nSPS) is 14.5. The largest absolute Gasteiger partial charge is 0.398 e. The molecule has 0 fully saturated rings. The second-order valence-corrected chi connectivity index (χ2v) is 2.52. The van der Waals surface area contributed by atoms with Gasteiger partial charge in [-0.3, -0.25) is 4.98 Å². The number of aliphatic hydroxyl groups is 2. The number of pyridine rings is 1. The van der Waals surface area contributed by atoms with Crippen LogP contribution in [0, 0.1) is 11.3 Å². The zero-order valence-electron chi connectivity index (χ0n) is 6.75. The van der Waals surface area contributed by atoms with Gasteiger partial charge in [-0.2, -0.15) is 5.26 Å². The highest BCUT2D eigenvalue weighted by Gasteiger charge is 2.19. The minimum atomic E-state index is -1.48. The molecular weight excluding hydrogens is 170 g/mol. The summed E-state index contributed by atoms with van der Waals surface area (Å²) in [5, 5.41) is 26.7. The summed E-state index contributed by atoms with van der Waals surface area (Å²) in [5.74, 6) is 0. The first-order chi connectivity index (χ1) is 6.16. The van der Waals surface area contributed by atoms with E-state index in [1.165, 1.54) is 24.5 Å². The van der Waals surface area contributed by atoms with Crippen LogP contribution in [0.5, 0.6) is 0 Å². The molecule has 13 heavy (non-hydrogen) atoms. The van der Waals surface area contributed by atoms with Crippen LogP contribution >= 0.6 is 0 Å². The molecule has 0 amide bonds. The highest BCUT2D eigenvalue weighted by molar-refractivity contribution is 5.46. The van der Waals surface area contributed by atoms with Crippen molar-refractivity contribution in [2.24, 2.45) is 0 Å². The zero-order chi connectivity index (χ0) is 9.84. The first kappa shape index (κ1) is 9.45. The van der Waals surface area contributed by atoms with Gasteiger partial charge in [0.15, 0.2) is 6.10 Å². The van der Waals surface area contributed by atoms with Gasteiger partial charge in [-0.15, -0.1) is 0 Å². The molecule has 4 N–H and O–H groups in total. The van der Waals surface area contributed by atoms with Crippen molar-refractivity contribution in [3.8, 4) is 6.07 Å². The molecule has 1 rings (SSSR count). The van der Waals surface area contributed by atoms with Gasteiger partial charge in [0.2, 0.25) is 0 Å². The Labute approximate surface area is 75.1 Å². The number of aromatic nitrogens is 1. The van der Waals surface area contributed by atoms with E-state index in [0.717, 1.165) is 0 Å². The fraction of sp³-hybridized carbons (Fsp3) is 0.250. The minimum absolute atomic E-state index is 0.261. The van der Waals surface area contributed by atoms with Crippen molar-refractivity contribution in [1.29, 1.82) is 5.26 Å². The highest BCUT2D eigenvalue weighted by atomic mass is 16.3. The number of anilines is 1. The van der Waals surface area contributed by atoms with Crippen LogP contribution in [-0.4, -0.2) is 21.3 Å². The third-order valence-corrected chi connectivity index (χ3v) is 1.64. The molecule has 0 aromatic carbocycles. The molecule has 1 aromatic rings. The van der Waals surface area contributed by atoms with E-state index < -0.39 is 12.2 Å². The number of aliphatic hydroxyl groups excluding tert-OH is 2. The molecule has 0 bridgehead atoms. The molecule has 0 saturated heterocycles. The van der Waals surface area contributed by atoms with E-state index in [1.54, 1.807) is 0 Å². The lowest BCUT2D eigenvalue weighted by atomic mass is 10.1. The second-order valence-electron chi connectivity index (χ2n) is 2.52. The molecule has 0 spiro atoms. The van der Waals surface area contributed by atoms with Crippen LogP contribution in [0.3, 0.4) is 0 Å². The van der Waals surface area contributed by atoms with Crippen molar-refractivity contribution in [2.45, 2.75) is 12.2 Å². The Morgan fingerprint density at radius 3 is 2.77 bits per heavy atom. The number of rotatable bonds is 2. The van der Waals surface area contributed by atoms with Crippen LogP contribution < -0.4 is 5.73 Å². The molecule has 0 saturated carbocycles. The van der Waals surface area contributed by atoms with E-state index in [1.807, 2.05) is 0 Å². The summed E-state index contributed by atoms with van der Waals surface area (Å²) in [7, 11) is 0. The molecule has 0 radical (unpaired) electrons. The van der Waals surface area contributed by atoms with Crippen molar-refractivity contribution in [2.75, 3.05) is 5.73 Å². The van der Waals surface area contributed by atoms with E-state index in [4.69, 9.17) is 16.1 Å². The Bertz CT molecular complexity index is 334. The van der Waals surface area contributed by atoms with Gasteiger partial charge in [-0.05, 0) is 6.07 Å². The lowest BCUT2D eigenvalue weighted by molar-refractivity contribution is 0.0530. The van der Waals surface area contributed by atoms with Crippen molar-refractivity contribution < 1.29 is 10.2 Å². The SMILES string of the molecule is N#CC(O)C(O)c1cnccc1N. The molecule has 5 nitrogen and oxygen atoms in total. The zero-order valence-corrected chi connectivity index (χ0v) is 6.75. The van der Waals surface area contributed by atoms with Crippen LogP contribution in [-0.2, 0) is 0 Å². The van der Waals surface area contributed by atoms with Gasteiger partial charge in [0, 0.05) is 23.6 Å². The monoisotopic (exact) mass is 179 g/mol. The predicted octanol–water partition coefficient (Wildman–Crippen LogP) is -0.418. The Morgan fingerprint density at radius 2 is 2.23 bits per heavy atom. The van der Waals surface area contributed by atoms with Gasteiger partial charge in [0.25, 0.3) is 0 Å². The molecule has 68 valence electrons. The molecule has 1 aromatic heterocycles. The Morgan fingerprint density at radius 1 is 1.54 bits per heavy atom. The van der Waals surface area contributed by atoms with Gasteiger partial charge in [-0.25, -0.2) is 0 Å². The lowest BCUT2D eigenvalue weighted by Crippen LogP contribution is -2.17. The summed E-state index contributed by atoms with van der Waals surface area (Å²) in [5.41, 5.74) is 6.06. The second kappa shape index (κ2) is 3.85. The number of nitriles is 1. The fourth-order valence-corrected chi connectivity index (χ4v) is 0.905. The molecule has 0 aliphatic carbocycles. The van der Waals surface area contributed by atoms with Crippen LogP contribution in [0.2, 0.25) is 0 Å². The summed E-state index contributed by atoms with van der Waals surface area (Å²) in [6, 6.07) is 3.00. The van der Waals surface area contributed by atoms with Gasteiger partial charge in [0.1, 0.15) is 6.10 Å². The number of nitrogens with zero attached hydrogens (tertiary/aromatic N) is 2. The summed E-state index contributed by atoms with van der Waals surface area (Å²) >= 11 is 0. The standard InChI is InChI=1S/C8H9N3O2/c9-3-7(12)8(13)5-4-11-2-1-6(5)10/h1-2,4,7-8,12-13H,(H2,10,11). The Kier molecular flexibility index (Phi) is 2.80. The summed E-state index contributed by atoms with van der Waals surface area (Å²) in [4.78, 5) is 3.72. The maximum Gasteiger partial charge on any atom is 0.170 e. The van der Waals surface area contributed by atoms with E-state index in [9.17, 15) is 5.11 Å². The quantitative estimate of drug-likeness (QED) is 0.535. The number of hydrogen-bond acceptors (Lipinski definition) is 5. The Balaban J connectivity index is 2.96. The maximum absolute atomic E-state index is 9.38. The average molecular weight is 179 g/mol. The topological polar surface area (TPSA) is 103 Å². The maximum atomic E-state index is 9.38. The summed E-state index contributed by atoms with van der Waals surface area (Å²) in [6.45, 7) is 0. The van der Waals surface area contributed by atoms with Gasteiger partial charge in [0.05, 0.1) is 6.07 Å². The highest BCUT2D eigenvalue weighted by Crippen LogP contribution is 2.21. The third kappa shape index (κ3) is 1.93. The summed E-state index contributed by atoms with van der Waals surface area (Å²) < 4.78 is 0. The summed E-state index contributed by atoms with van der Waals surface area (Å²) in [6.07, 6.45) is -0.00424. The fourth-order valence-electron chi connectivity index (χ4n) is 0.905. The molecular formula is C8H9N3O2. The number of nitrogen functional groups attached to an aromatic ring is 1. The van der Waals surface area contributed by atoms with Gasteiger partial charge >= 0.3 is 0 Å². The van der Waals surface area contributed by atoms with E-state index >= 15 is 0 Å². The van der Waals surface area contributed by atoms with Crippen LogP contribution in [0.4, 0.5) is 5.69 Å². The molecule has 2 atom stereocenters. The first-order valence-corrected chi connectivity index (χ1v) is 3.62. The smallest absolute Gasteiger partial charge is 0.170 e. The van der Waals surface area contributed by atoms with Crippen LogP contribution in [0.15, 0.2) is 18.5 Å². The molecule has 5 heteroatoms. The molecule has 0 aliphatic heterocycles. The van der Waals surface area contributed by atoms with Gasteiger partial charge < -0.3 is 15.9 Å². The van der Waals surface area contributed by atoms with E-state index in [-0.39, 0.29) is 5.56 Å². The first-order valence-electron chi connectivity index (χ1n) is 3.62. The number of hydrogen-bond donors (Lipinski definition) is 3. The predicted molar refractivity (Wildman–Crippen MR) is 45.2 cm³/mol. The lowest BCUT2D eigenvalue weighted by Gasteiger charge is -2.12. The van der Waals surface area contributed by atoms with Crippen LogP contribution in [0.25, 0.3) is 0 Å². The van der Waals surface area contributed by atoms with Crippen molar-refractivity contribution in [3.63, 3.8) is 0 Å². The van der Waals surface area contributed by atoms with Gasteiger partial charge in [-0.1, -0.05) is 0 Å². The van der Waals surface area contributed by atoms with E-state index in [2.05, 4.69) is 4.98 Å². The van der Waals surface area contributed by atoms with E-state index in [0.29, 0.717) is 5.69 Å². The minimum Gasteiger partial charge on any atom is -0.398 e. The van der Waals surface area contributed by atoms with Crippen molar-refractivity contribution >= 4 is 5.69 Å². The van der Waals surface area contributed by atoms with Crippen molar-refractivity contribution in [1.82, 2.24) is 4.98 Å².